The van der Waals surface area contributed by atoms with Gasteiger partial charge in [0.2, 0.25) is 0 Å². The maximum Gasteiger partial charge on any atom is 0.305 e. The van der Waals surface area contributed by atoms with E-state index in [1.807, 2.05) is 22.6 Å². The van der Waals surface area contributed by atoms with E-state index in [-0.39, 0.29) is 6.42 Å². The lowest BCUT2D eigenvalue weighted by molar-refractivity contribution is -0.143. The summed E-state index contributed by atoms with van der Waals surface area (Å²) in [5.41, 5.74) is 0.631. The van der Waals surface area contributed by atoms with Gasteiger partial charge in [-0.15, -0.1) is 0 Å². The molecule has 0 aromatic rings. The van der Waals surface area contributed by atoms with E-state index in [4.69, 9.17) is 9.84 Å². The molecule has 0 aromatic carbocycles. The third kappa shape index (κ3) is 3.58. The summed E-state index contributed by atoms with van der Waals surface area (Å²) in [5, 5.41) is 18.3. The van der Waals surface area contributed by atoms with Gasteiger partial charge in [0.1, 0.15) is 12.2 Å². The topological polar surface area (TPSA) is 66.8 Å². The van der Waals surface area contributed by atoms with Crippen LogP contribution in [0.4, 0.5) is 0 Å². The van der Waals surface area contributed by atoms with Crippen LogP contribution in [0.1, 0.15) is 12.8 Å². The van der Waals surface area contributed by atoms with Gasteiger partial charge < -0.3 is 14.9 Å². The summed E-state index contributed by atoms with van der Waals surface area (Å²) in [4.78, 5) is 10.5. The average Bonchev–Trinajstić information content (AvgIpc) is 2.12. The highest BCUT2D eigenvalue weighted by Gasteiger charge is 2.31. The Morgan fingerprint density at radius 2 is 2.40 bits per heavy atom. The zero-order valence-electron chi connectivity index (χ0n) is 8.10. The third-order valence-electron chi connectivity index (χ3n) is 2.23. The largest absolute Gasteiger partial charge is 0.481 e. The molecule has 0 spiro atoms. The van der Waals surface area contributed by atoms with Gasteiger partial charge in [0, 0.05) is 0 Å². The summed E-state index contributed by atoms with van der Waals surface area (Å²) < 4.78 is 7.18. The fraction of sp³-hybridized carbons (Fsp3) is 0.500. The standard InChI is InChI=1S/C10H13IO4/c1-6-4-7(5-9(12)13)15-8(2-3-11)10(6)14/h2-3,7-8,10,14H,1,4-5H2,(H,12,13)/b3-2+/t7-,8+,10-/m0/s1. The number of carbonyl (C=O) groups is 1. The van der Waals surface area contributed by atoms with Crippen molar-refractivity contribution in [1.82, 2.24) is 0 Å². The zero-order valence-corrected chi connectivity index (χ0v) is 10.3. The molecule has 0 aromatic heterocycles. The van der Waals surface area contributed by atoms with Crippen molar-refractivity contribution < 1.29 is 19.7 Å². The maximum absolute atomic E-state index is 10.5. The van der Waals surface area contributed by atoms with Crippen LogP contribution in [-0.4, -0.2) is 34.5 Å². The highest BCUT2D eigenvalue weighted by molar-refractivity contribution is 14.1. The molecule has 84 valence electrons. The van der Waals surface area contributed by atoms with Gasteiger partial charge in [-0.1, -0.05) is 29.2 Å². The van der Waals surface area contributed by atoms with Crippen molar-refractivity contribution in [1.29, 1.82) is 0 Å². The normalized spacial score (nSPS) is 32.1. The van der Waals surface area contributed by atoms with E-state index >= 15 is 0 Å². The molecule has 5 heteroatoms. The molecule has 0 amide bonds. The summed E-state index contributed by atoms with van der Waals surface area (Å²) in [6, 6.07) is 0. The maximum atomic E-state index is 10.5. The van der Waals surface area contributed by atoms with Crippen LogP contribution in [-0.2, 0) is 9.53 Å². The Morgan fingerprint density at radius 1 is 1.73 bits per heavy atom. The minimum atomic E-state index is -0.901. The SMILES string of the molecule is C=C1C[C@@H](CC(=O)O)O[C@H](/C=C/I)[C@H]1O. The van der Waals surface area contributed by atoms with Crippen LogP contribution in [0.25, 0.3) is 0 Å². The van der Waals surface area contributed by atoms with E-state index in [1.54, 1.807) is 10.2 Å². The number of aliphatic carboxylic acids is 1. The van der Waals surface area contributed by atoms with E-state index in [2.05, 4.69) is 6.58 Å². The molecule has 1 aliphatic rings. The molecule has 0 radical (unpaired) electrons. The Bertz CT molecular complexity index is 287. The summed E-state index contributed by atoms with van der Waals surface area (Å²) in [5.74, 6) is -0.901. The first kappa shape index (κ1) is 12.7. The molecule has 3 atom stereocenters. The molecule has 1 rings (SSSR count). The molecule has 1 saturated heterocycles. The molecule has 0 saturated carbocycles. The van der Waals surface area contributed by atoms with E-state index in [0.29, 0.717) is 12.0 Å². The van der Waals surface area contributed by atoms with Crippen molar-refractivity contribution in [3.63, 3.8) is 0 Å². The third-order valence-corrected chi connectivity index (χ3v) is 2.65. The van der Waals surface area contributed by atoms with E-state index in [1.165, 1.54) is 0 Å². The predicted molar refractivity (Wildman–Crippen MR) is 63.8 cm³/mol. The van der Waals surface area contributed by atoms with Crippen LogP contribution in [0.2, 0.25) is 0 Å². The quantitative estimate of drug-likeness (QED) is 0.610. The summed E-state index contributed by atoms with van der Waals surface area (Å²) in [6.45, 7) is 3.73. The van der Waals surface area contributed by atoms with E-state index in [9.17, 15) is 9.90 Å². The number of hydrogen-bond acceptors (Lipinski definition) is 3. The van der Waals surface area contributed by atoms with Crippen molar-refractivity contribution in [2.24, 2.45) is 0 Å². The first-order valence-electron chi connectivity index (χ1n) is 4.54. The Labute approximate surface area is 102 Å². The monoisotopic (exact) mass is 324 g/mol. The van der Waals surface area contributed by atoms with Gasteiger partial charge in [-0.3, -0.25) is 4.79 Å². The zero-order chi connectivity index (χ0) is 11.4. The highest BCUT2D eigenvalue weighted by atomic mass is 127. The Morgan fingerprint density at radius 3 is 2.93 bits per heavy atom. The molecule has 4 nitrogen and oxygen atoms in total. The van der Waals surface area contributed by atoms with Crippen molar-refractivity contribution in [2.45, 2.75) is 31.2 Å². The van der Waals surface area contributed by atoms with Gasteiger partial charge in [0.15, 0.2) is 0 Å². The van der Waals surface area contributed by atoms with Gasteiger partial charge >= 0.3 is 5.97 Å². The van der Waals surface area contributed by atoms with Crippen LogP contribution in [0.5, 0.6) is 0 Å². The molecule has 2 N–H and O–H groups in total. The molecule has 15 heavy (non-hydrogen) atoms. The number of aliphatic hydroxyl groups excluding tert-OH is 1. The van der Waals surface area contributed by atoms with Gasteiger partial charge in [-0.2, -0.15) is 0 Å². The number of aliphatic hydroxyl groups is 1. The minimum Gasteiger partial charge on any atom is -0.481 e. The second kappa shape index (κ2) is 5.62. The average molecular weight is 324 g/mol. The smallest absolute Gasteiger partial charge is 0.305 e. The number of halogens is 1. The van der Waals surface area contributed by atoms with Crippen LogP contribution >= 0.6 is 22.6 Å². The second-order valence-corrected chi connectivity index (χ2v) is 4.17. The fourth-order valence-electron chi connectivity index (χ4n) is 1.53. The molecule has 1 fully saturated rings. The number of carboxylic acid groups (broad SMARTS) is 1. The van der Waals surface area contributed by atoms with E-state index < -0.39 is 24.3 Å². The molecular formula is C10H13IO4. The fourth-order valence-corrected chi connectivity index (χ4v) is 1.94. The molecule has 1 aliphatic heterocycles. The number of hydrogen-bond donors (Lipinski definition) is 2. The molecule has 1 heterocycles. The van der Waals surface area contributed by atoms with Crippen LogP contribution in [0.15, 0.2) is 22.3 Å². The molecule has 0 unspecified atom stereocenters. The predicted octanol–water partition coefficient (Wildman–Crippen LogP) is 1.48. The second-order valence-electron chi connectivity index (χ2n) is 3.45. The van der Waals surface area contributed by atoms with Crippen molar-refractivity contribution >= 4 is 28.6 Å². The molecule has 0 aliphatic carbocycles. The van der Waals surface area contributed by atoms with Gasteiger partial charge in [0.25, 0.3) is 0 Å². The van der Waals surface area contributed by atoms with Crippen LogP contribution < -0.4 is 0 Å². The van der Waals surface area contributed by atoms with Crippen molar-refractivity contribution in [2.75, 3.05) is 0 Å². The van der Waals surface area contributed by atoms with Crippen molar-refractivity contribution in [3.8, 4) is 0 Å². The molecule has 0 bridgehead atoms. The van der Waals surface area contributed by atoms with Gasteiger partial charge in [-0.25, -0.2) is 0 Å². The van der Waals surface area contributed by atoms with Crippen molar-refractivity contribution in [3.05, 3.63) is 22.3 Å². The van der Waals surface area contributed by atoms with Crippen LogP contribution in [0.3, 0.4) is 0 Å². The minimum absolute atomic E-state index is 0.0582. The van der Waals surface area contributed by atoms with Crippen LogP contribution in [0, 0.1) is 0 Å². The van der Waals surface area contributed by atoms with Gasteiger partial charge in [-0.05, 0) is 22.2 Å². The highest BCUT2D eigenvalue weighted by Crippen LogP contribution is 2.26. The lowest BCUT2D eigenvalue weighted by atomic mass is 9.95. The molecular weight excluding hydrogens is 311 g/mol. The number of ether oxygens (including phenoxy) is 1. The number of rotatable bonds is 3. The summed E-state index contributed by atoms with van der Waals surface area (Å²) in [6.07, 6.45) is 0.436. The summed E-state index contributed by atoms with van der Waals surface area (Å²) >= 11 is 2.02. The summed E-state index contributed by atoms with van der Waals surface area (Å²) in [7, 11) is 0. The lowest BCUT2D eigenvalue weighted by Gasteiger charge is -2.33. The first-order valence-corrected chi connectivity index (χ1v) is 5.79. The Kier molecular flexibility index (Phi) is 4.75. The Balaban J connectivity index is 2.66. The van der Waals surface area contributed by atoms with Gasteiger partial charge in [0.05, 0.1) is 12.5 Å². The van der Waals surface area contributed by atoms with E-state index in [0.717, 1.165) is 0 Å². The Hall–Kier alpha value is -0.400. The lowest BCUT2D eigenvalue weighted by Crippen LogP contribution is -2.39. The first-order chi connectivity index (χ1) is 7.04. The number of carboxylic acids is 1.